The quantitative estimate of drug-likeness (QED) is 0.819. The maximum absolute atomic E-state index is 12.0. The summed E-state index contributed by atoms with van der Waals surface area (Å²) in [4.78, 5) is 23.2. The summed E-state index contributed by atoms with van der Waals surface area (Å²) in [5.41, 5.74) is 1.46. The van der Waals surface area contributed by atoms with Crippen molar-refractivity contribution >= 4 is 11.9 Å². The number of carbonyl (C=O) groups excluding carboxylic acids is 1. The Morgan fingerprint density at radius 1 is 1.32 bits per heavy atom. The number of hydrogen-bond donors (Lipinski definition) is 2. The molecule has 0 aliphatic rings. The van der Waals surface area contributed by atoms with Crippen molar-refractivity contribution in [2.24, 2.45) is 11.3 Å². The van der Waals surface area contributed by atoms with Gasteiger partial charge in [-0.15, -0.1) is 0 Å². The van der Waals surface area contributed by atoms with Gasteiger partial charge in [-0.2, -0.15) is 0 Å². The van der Waals surface area contributed by atoms with E-state index in [-0.39, 0.29) is 0 Å². The third-order valence-corrected chi connectivity index (χ3v) is 2.92. The Balaban J connectivity index is 2.71. The number of carboxylic acids is 1. The smallest absolute Gasteiger partial charge is 0.316 e. The second-order valence-electron chi connectivity index (χ2n) is 5.84. The molecule has 104 valence electrons. The van der Waals surface area contributed by atoms with Crippen LogP contribution in [-0.2, 0) is 16.1 Å². The van der Waals surface area contributed by atoms with E-state index < -0.39 is 23.2 Å². The summed E-state index contributed by atoms with van der Waals surface area (Å²) in [6, 6.07) is 7.75. The average molecular weight is 263 g/mol. The van der Waals surface area contributed by atoms with Gasteiger partial charge in [0, 0.05) is 6.54 Å². The zero-order valence-corrected chi connectivity index (χ0v) is 11.9. The molecule has 0 saturated carbocycles. The predicted octanol–water partition coefficient (Wildman–Crippen LogP) is 2.36. The van der Waals surface area contributed by atoms with Crippen molar-refractivity contribution in [3.05, 3.63) is 35.4 Å². The standard InChI is InChI=1S/C15H21NO3/c1-10-6-5-7-11(8-10)9-16-13(17)12(14(18)19)15(2,3)4/h5-8,12H,9H2,1-4H3,(H,16,17)(H,18,19). The van der Waals surface area contributed by atoms with Crippen molar-refractivity contribution in [2.75, 3.05) is 0 Å². The molecule has 0 saturated heterocycles. The van der Waals surface area contributed by atoms with Gasteiger partial charge in [-0.3, -0.25) is 9.59 Å². The molecule has 0 spiro atoms. The number of carboxylic acid groups (broad SMARTS) is 1. The summed E-state index contributed by atoms with van der Waals surface area (Å²) in [5, 5.41) is 11.9. The van der Waals surface area contributed by atoms with Gasteiger partial charge in [-0.05, 0) is 17.9 Å². The largest absolute Gasteiger partial charge is 0.481 e. The summed E-state index contributed by atoms with van der Waals surface area (Å²) in [5.74, 6) is -2.58. The Labute approximate surface area is 113 Å². The van der Waals surface area contributed by atoms with Gasteiger partial charge in [-0.1, -0.05) is 50.6 Å². The number of amides is 1. The Morgan fingerprint density at radius 2 is 1.95 bits per heavy atom. The van der Waals surface area contributed by atoms with Crippen LogP contribution < -0.4 is 5.32 Å². The Hall–Kier alpha value is -1.84. The fourth-order valence-electron chi connectivity index (χ4n) is 1.99. The van der Waals surface area contributed by atoms with Crippen molar-refractivity contribution in [1.29, 1.82) is 0 Å². The molecule has 2 N–H and O–H groups in total. The van der Waals surface area contributed by atoms with Gasteiger partial charge in [-0.25, -0.2) is 0 Å². The first kappa shape index (κ1) is 15.2. The molecule has 0 aliphatic heterocycles. The first-order chi connectivity index (χ1) is 8.71. The Kier molecular flexibility index (Phi) is 4.70. The van der Waals surface area contributed by atoms with E-state index in [0.29, 0.717) is 6.54 Å². The lowest BCUT2D eigenvalue weighted by molar-refractivity contribution is -0.151. The van der Waals surface area contributed by atoms with Gasteiger partial charge in [0.05, 0.1) is 0 Å². The fourth-order valence-corrected chi connectivity index (χ4v) is 1.99. The van der Waals surface area contributed by atoms with Gasteiger partial charge in [0.2, 0.25) is 5.91 Å². The number of hydrogen-bond acceptors (Lipinski definition) is 2. The van der Waals surface area contributed by atoms with Crippen LogP contribution in [0, 0.1) is 18.3 Å². The highest BCUT2D eigenvalue weighted by Gasteiger charge is 2.37. The summed E-state index contributed by atoms with van der Waals surface area (Å²) >= 11 is 0. The van der Waals surface area contributed by atoms with E-state index in [1.165, 1.54) is 0 Å². The number of aliphatic carboxylic acids is 1. The topological polar surface area (TPSA) is 66.4 Å². The Bertz CT molecular complexity index is 475. The second-order valence-corrected chi connectivity index (χ2v) is 5.84. The van der Waals surface area contributed by atoms with Gasteiger partial charge >= 0.3 is 5.97 Å². The summed E-state index contributed by atoms with van der Waals surface area (Å²) < 4.78 is 0. The minimum atomic E-state index is -1.09. The molecule has 0 aliphatic carbocycles. The third-order valence-electron chi connectivity index (χ3n) is 2.92. The van der Waals surface area contributed by atoms with Crippen LogP contribution in [0.1, 0.15) is 31.9 Å². The van der Waals surface area contributed by atoms with Gasteiger partial charge in [0.1, 0.15) is 5.92 Å². The molecular weight excluding hydrogens is 242 g/mol. The summed E-state index contributed by atoms with van der Waals surface area (Å²) in [7, 11) is 0. The zero-order chi connectivity index (χ0) is 14.6. The highest BCUT2D eigenvalue weighted by Crippen LogP contribution is 2.26. The lowest BCUT2D eigenvalue weighted by Gasteiger charge is -2.25. The van der Waals surface area contributed by atoms with Crippen LogP contribution in [0.5, 0.6) is 0 Å². The van der Waals surface area contributed by atoms with Crippen LogP contribution in [0.3, 0.4) is 0 Å². The van der Waals surface area contributed by atoms with E-state index >= 15 is 0 Å². The molecule has 0 fully saturated rings. The molecule has 1 rings (SSSR count). The van der Waals surface area contributed by atoms with Crippen molar-refractivity contribution < 1.29 is 14.7 Å². The zero-order valence-electron chi connectivity index (χ0n) is 11.9. The summed E-state index contributed by atoms with van der Waals surface area (Å²) in [6.45, 7) is 7.56. The van der Waals surface area contributed by atoms with E-state index in [9.17, 15) is 9.59 Å². The molecule has 4 nitrogen and oxygen atoms in total. The first-order valence-corrected chi connectivity index (χ1v) is 6.28. The fraction of sp³-hybridized carbons (Fsp3) is 0.467. The van der Waals surface area contributed by atoms with E-state index in [1.54, 1.807) is 20.8 Å². The van der Waals surface area contributed by atoms with Crippen LogP contribution in [0.15, 0.2) is 24.3 Å². The molecule has 0 heterocycles. The average Bonchev–Trinajstić information content (AvgIpc) is 2.24. The minimum absolute atomic E-state index is 0.348. The number of aryl methyl sites for hydroxylation is 1. The van der Waals surface area contributed by atoms with E-state index in [4.69, 9.17) is 5.11 Å². The molecule has 4 heteroatoms. The molecule has 1 amide bonds. The van der Waals surface area contributed by atoms with E-state index in [0.717, 1.165) is 11.1 Å². The molecule has 1 atom stereocenters. The van der Waals surface area contributed by atoms with Crippen LogP contribution >= 0.6 is 0 Å². The van der Waals surface area contributed by atoms with E-state index in [1.807, 2.05) is 31.2 Å². The number of benzene rings is 1. The minimum Gasteiger partial charge on any atom is -0.481 e. The van der Waals surface area contributed by atoms with Crippen molar-refractivity contribution in [1.82, 2.24) is 5.32 Å². The molecule has 0 bridgehead atoms. The van der Waals surface area contributed by atoms with Crippen LogP contribution in [0.4, 0.5) is 0 Å². The highest BCUT2D eigenvalue weighted by molar-refractivity contribution is 5.97. The molecule has 1 unspecified atom stereocenters. The lowest BCUT2D eigenvalue weighted by Crippen LogP contribution is -2.42. The normalized spacial score (nSPS) is 12.8. The SMILES string of the molecule is Cc1cccc(CNC(=O)C(C(=O)O)C(C)(C)C)c1. The van der Waals surface area contributed by atoms with Crippen LogP contribution in [-0.4, -0.2) is 17.0 Å². The van der Waals surface area contributed by atoms with Crippen molar-refractivity contribution in [3.8, 4) is 0 Å². The third kappa shape index (κ3) is 4.39. The molecular formula is C15H21NO3. The molecule has 0 aromatic heterocycles. The molecule has 19 heavy (non-hydrogen) atoms. The van der Waals surface area contributed by atoms with Crippen LogP contribution in [0.2, 0.25) is 0 Å². The monoisotopic (exact) mass is 263 g/mol. The second kappa shape index (κ2) is 5.87. The number of nitrogens with one attached hydrogen (secondary N) is 1. The maximum Gasteiger partial charge on any atom is 0.316 e. The molecule has 1 aromatic rings. The van der Waals surface area contributed by atoms with Crippen LogP contribution in [0.25, 0.3) is 0 Å². The lowest BCUT2D eigenvalue weighted by atomic mass is 9.80. The maximum atomic E-state index is 12.0. The van der Waals surface area contributed by atoms with Gasteiger partial charge in [0.25, 0.3) is 0 Å². The molecule has 0 radical (unpaired) electrons. The predicted molar refractivity (Wildman–Crippen MR) is 73.6 cm³/mol. The van der Waals surface area contributed by atoms with Gasteiger partial charge < -0.3 is 10.4 Å². The number of carbonyl (C=O) groups is 2. The van der Waals surface area contributed by atoms with Crippen molar-refractivity contribution in [2.45, 2.75) is 34.2 Å². The van der Waals surface area contributed by atoms with E-state index in [2.05, 4.69) is 5.32 Å². The Morgan fingerprint density at radius 3 is 2.42 bits per heavy atom. The highest BCUT2D eigenvalue weighted by atomic mass is 16.4. The van der Waals surface area contributed by atoms with Crippen molar-refractivity contribution in [3.63, 3.8) is 0 Å². The summed E-state index contributed by atoms with van der Waals surface area (Å²) in [6.07, 6.45) is 0. The van der Waals surface area contributed by atoms with Gasteiger partial charge in [0.15, 0.2) is 0 Å². The number of rotatable bonds is 4. The first-order valence-electron chi connectivity index (χ1n) is 6.28. The molecule has 1 aromatic carbocycles.